The molecule has 3 aliphatic rings. The second-order valence-electron chi connectivity index (χ2n) is 8.37. The van der Waals surface area contributed by atoms with E-state index in [4.69, 9.17) is 4.74 Å². The second-order valence-corrected chi connectivity index (χ2v) is 9.43. The Balaban J connectivity index is 1.36. The summed E-state index contributed by atoms with van der Waals surface area (Å²) < 4.78 is 8.37. The molecule has 150 valence electrons. The van der Waals surface area contributed by atoms with E-state index < -0.39 is 0 Å². The zero-order valence-corrected chi connectivity index (χ0v) is 17.5. The summed E-state index contributed by atoms with van der Waals surface area (Å²) in [4.78, 5) is 17.4. The van der Waals surface area contributed by atoms with Crippen LogP contribution in [0.3, 0.4) is 0 Å². The maximum Gasteiger partial charge on any atom is 0.264 e. The predicted molar refractivity (Wildman–Crippen MR) is 109 cm³/mol. The number of hydrogen-bond donors (Lipinski definition) is 1. The molecule has 1 unspecified atom stereocenters. The third kappa shape index (κ3) is 3.00. The van der Waals surface area contributed by atoms with E-state index in [0.717, 1.165) is 69.0 Å². The Morgan fingerprint density at radius 2 is 2.14 bits per heavy atom. The summed E-state index contributed by atoms with van der Waals surface area (Å²) in [6, 6.07) is 4.54. The van der Waals surface area contributed by atoms with Gasteiger partial charge in [0.15, 0.2) is 0 Å². The SMILES string of the molecule is Cc1cc(C)n(C2CCN(C(=O)c3cc4c(s3)C3(CCNCC3)OCC4)C2)n1. The van der Waals surface area contributed by atoms with Gasteiger partial charge in [0.05, 0.1) is 23.2 Å². The van der Waals surface area contributed by atoms with E-state index in [1.165, 1.54) is 16.1 Å². The van der Waals surface area contributed by atoms with Crippen LogP contribution in [-0.4, -0.2) is 53.4 Å². The molecule has 2 saturated heterocycles. The van der Waals surface area contributed by atoms with Crippen molar-refractivity contribution in [2.45, 2.75) is 51.2 Å². The second kappa shape index (κ2) is 6.97. The monoisotopic (exact) mass is 400 g/mol. The topological polar surface area (TPSA) is 59.4 Å². The first-order valence-corrected chi connectivity index (χ1v) is 11.2. The Hall–Kier alpha value is -1.70. The first-order valence-electron chi connectivity index (χ1n) is 10.4. The molecule has 2 fully saturated rings. The van der Waals surface area contributed by atoms with Crippen molar-refractivity contribution in [3.8, 4) is 0 Å². The number of ether oxygens (including phenoxy) is 1. The molecule has 5 rings (SSSR count). The van der Waals surface area contributed by atoms with Crippen molar-refractivity contribution in [1.82, 2.24) is 20.0 Å². The highest BCUT2D eigenvalue weighted by atomic mass is 32.1. The molecule has 0 aromatic carbocycles. The lowest BCUT2D eigenvalue weighted by Crippen LogP contribution is -2.43. The fraction of sp³-hybridized carbons (Fsp3) is 0.619. The number of nitrogens with one attached hydrogen (secondary N) is 1. The lowest BCUT2D eigenvalue weighted by atomic mass is 9.86. The number of nitrogens with zero attached hydrogens (tertiary/aromatic N) is 3. The number of amides is 1. The molecule has 28 heavy (non-hydrogen) atoms. The van der Waals surface area contributed by atoms with E-state index in [1.54, 1.807) is 11.3 Å². The fourth-order valence-electron chi connectivity index (χ4n) is 5.03. The number of rotatable bonds is 2. The average molecular weight is 401 g/mol. The van der Waals surface area contributed by atoms with Crippen LogP contribution in [0.1, 0.15) is 56.8 Å². The zero-order chi connectivity index (χ0) is 19.3. The molecule has 1 N–H and O–H groups in total. The van der Waals surface area contributed by atoms with Gasteiger partial charge in [-0.3, -0.25) is 9.48 Å². The minimum atomic E-state index is -0.167. The van der Waals surface area contributed by atoms with Gasteiger partial charge in [0.2, 0.25) is 0 Å². The zero-order valence-electron chi connectivity index (χ0n) is 16.7. The summed E-state index contributed by atoms with van der Waals surface area (Å²) in [6.07, 6.45) is 3.88. The summed E-state index contributed by atoms with van der Waals surface area (Å²) >= 11 is 1.67. The van der Waals surface area contributed by atoms with Crippen molar-refractivity contribution in [3.63, 3.8) is 0 Å². The third-order valence-electron chi connectivity index (χ3n) is 6.44. The molecule has 2 aromatic heterocycles. The average Bonchev–Trinajstić information content (AvgIpc) is 3.40. The van der Waals surface area contributed by atoms with Crippen LogP contribution < -0.4 is 5.32 Å². The van der Waals surface area contributed by atoms with Gasteiger partial charge in [-0.25, -0.2) is 0 Å². The van der Waals surface area contributed by atoms with Crippen molar-refractivity contribution < 1.29 is 9.53 Å². The highest BCUT2D eigenvalue weighted by molar-refractivity contribution is 7.14. The van der Waals surface area contributed by atoms with Crippen LogP contribution in [0.4, 0.5) is 0 Å². The standard InChI is InChI=1S/C21H28N4O2S/c1-14-11-15(2)25(23-14)17-3-9-24(13-17)20(26)18-12-16-4-10-27-21(19(16)28-18)5-7-22-8-6-21/h11-12,17,22H,3-10,13H2,1-2H3. The van der Waals surface area contributed by atoms with E-state index in [-0.39, 0.29) is 17.6 Å². The van der Waals surface area contributed by atoms with Gasteiger partial charge in [0.1, 0.15) is 5.60 Å². The molecule has 0 radical (unpaired) electrons. The smallest absolute Gasteiger partial charge is 0.264 e. The Bertz CT molecular complexity index is 896. The van der Waals surface area contributed by atoms with Gasteiger partial charge in [-0.2, -0.15) is 5.10 Å². The first-order chi connectivity index (χ1) is 13.6. The van der Waals surface area contributed by atoms with E-state index in [1.807, 2.05) is 11.8 Å². The minimum absolute atomic E-state index is 0.167. The molecule has 0 bridgehead atoms. The minimum Gasteiger partial charge on any atom is -0.369 e. The van der Waals surface area contributed by atoms with E-state index in [9.17, 15) is 4.79 Å². The number of hydrogen-bond acceptors (Lipinski definition) is 5. The van der Waals surface area contributed by atoms with Crippen LogP contribution in [0.2, 0.25) is 0 Å². The Morgan fingerprint density at radius 3 is 2.89 bits per heavy atom. The number of carbonyl (C=O) groups excluding carboxylic acids is 1. The Morgan fingerprint density at radius 1 is 1.32 bits per heavy atom. The van der Waals surface area contributed by atoms with Crippen LogP contribution in [0.5, 0.6) is 0 Å². The molecule has 6 nitrogen and oxygen atoms in total. The summed E-state index contributed by atoms with van der Waals surface area (Å²) in [6.45, 7) is 8.40. The van der Waals surface area contributed by atoms with Gasteiger partial charge in [0.25, 0.3) is 5.91 Å². The molecule has 0 aliphatic carbocycles. The van der Waals surface area contributed by atoms with E-state index in [0.29, 0.717) is 0 Å². The fourth-order valence-corrected chi connectivity index (χ4v) is 6.41. The van der Waals surface area contributed by atoms with Crippen molar-refractivity contribution in [1.29, 1.82) is 0 Å². The van der Waals surface area contributed by atoms with Crippen LogP contribution >= 0.6 is 11.3 Å². The van der Waals surface area contributed by atoms with Crippen LogP contribution in [0.15, 0.2) is 12.1 Å². The first kappa shape index (κ1) is 18.3. The van der Waals surface area contributed by atoms with Gasteiger partial charge >= 0.3 is 0 Å². The maximum atomic E-state index is 13.3. The molecule has 5 heterocycles. The van der Waals surface area contributed by atoms with Gasteiger partial charge in [-0.05, 0) is 70.3 Å². The molecule has 2 aromatic rings. The number of aryl methyl sites for hydroxylation is 2. The van der Waals surface area contributed by atoms with Crippen LogP contribution in [-0.2, 0) is 16.8 Å². The van der Waals surface area contributed by atoms with Gasteiger partial charge < -0.3 is 15.0 Å². The van der Waals surface area contributed by atoms with Crippen molar-refractivity contribution in [2.24, 2.45) is 0 Å². The molecule has 7 heteroatoms. The van der Waals surface area contributed by atoms with Crippen molar-refractivity contribution >= 4 is 17.2 Å². The number of aromatic nitrogens is 2. The van der Waals surface area contributed by atoms with Crippen molar-refractivity contribution in [2.75, 3.05) is 32.8 Å². The lowest BCUT2D eigenvalue weighted by molar-refractivity contribution is -0.0771. The third-order valence-corrected chi connectivity index (χ3v) is 7.79. The predicted octanol–water partition coefficient (Wildman–Crippen LogP) is 2.80. The summed E-state index contributed by atoms with van der Waals surface area (Å²) in [5.41, 5.74) is 3.38. The van der Waals surface area contributed by atoms with Crippen molar-refractivity contribution in [3.05, 3.63) is 38.8 Å². The number of thiophene rings is 1. The number of piperidine rings is 1. The summed E-state index contributed by atoms with van der Waals surface area (Å²) in [7, 11) is 0. The van der Waals surface area contributed by atoms with Gasteiger partial charge in [-0.15, -0.1) is 11.3 Å². The highest BCUT2D eigenvalue weighted by Crippen LogP contribution is 2.44. The molecule has 1 spiro atoms. The molecule has 1 atom stereocenters. The summed E-state index contributed by atoms with van der Waals surface area (Å²) in [5, 5.41) is 8.06. The van der Waals surface area contributed by atoms with Gasteiger partial charge in [-0.1, -0.05) is 0 Å². The number of fused-ring (bicyclic) bond motifs is 2. The number of carbonyl (C=O) groups is 1. The highest BCUT2D eigenvalue weighted by Gasteiger charge is 2.41. The summed E-state index contributed by atoms with van der Waals surface area (Å²) in [5.74, 6) is 0.174. The molecule has 1 amide bonds. The van der Waals surface area contributed by atoms with Gasteiger partial charge in [0, 0.05) is 23.7 Å². The normalized spacial score (nSPS) is 23.9. The van der Waals surface area contributed by atoms with Crippen LogP contribution in [0, 0.1) is 13.8 Å². The Labute approximate surface area is 169 Å². The maximum absolute atomic E-state index is 13.3. The van der Waals surface area contributed by atoms with E-state index >= 15 is 0 Å². The molecule has 0 saturated carbocycles. The Kier molecular flexibility index (Phi) is 4.56. The van der Waals surface area contributed by atoms with E-state index in [2.05, 4.69) is 34.2 Å². The molecule has 3 aliphatic heterocycles. The lowest BCUT2D eigenvalue weighted by Gasteiger charge is -2.40. The quantitative estimate of drug-likeness (QED) is 0.842. The molecular formula is C21H28N4O2S. The number of likely N-dealkylation sites (tertiary alicyclic amines) is 1. The van der Waals surface area contributed by atoms with Crippen LogP contribution in [0.25, 0.3) is 0 Å². The largest absolute Gasteiger partial charge is 0.369 e. The molecular weight excluding hydrogens is 372 g/mol.